The molecule has 78 valence electrons. The van der Waals surface area contributed by atoms with Gasteiger partial charge < -0.3 is 10.4 Å². The first-order valence-electron chi connectivity index (χ1n) is 4.61. The van der Waals surface area contributed by atoms with E-state index in [0.717, 1.165) is 16.4 Å². The van der Waals surface area contributed by atoms with Crippen LogP contribution in [0.2, 0.25) is 0 Å². The Bertz CT molecular complexity index is 265. The van der Waals surface area contributed by atoms with E-state index in [0.29, 0.717) is 5.95 Å². The van der Waals surface area contributed by atoms with Crippen LogP contribution in [0.15, 0.2) is 12.4 Å². The van der Waals surface area contributed by atoms with Crippen LogP contribution in [0.4, 0.5) is 5.95 Å². The van der Waals surface area contributed by atoms with Crippen LogP contribution in [0.25, 0.3) is 0 Å². The number of aromatic nitrogens is 2. The molecule has 1 atom stereocenters. The molecule has 1 aromatic heterocycles. The third-order valence-electron chi connectivity index (χ3n) is 1.92. The largest absolute Gasteiger partial charge is 0.396 e. The molecule has 5 heteroatoms. The molecule has 14 heavy (non-hydrogen) atoms. The highest BCUT2D eigenvalue weighted by Gasteiger charge is 2.06. The van der Waals surface area contributed by atoms with E-state index in [1.165, 1.54) is 0 Å². The van der Waals surface area contributed by atoms with Gasteiger partial charge in [0.25, 0.3) is 0 Å². The molecule has 0 bridgehead atoms. The van der Waals surface area contributed by atoms with Crippen molar-refractivity contribution in [1.82, 2.24) is 9.97 Å². The molecule has 0 fully saturated rings. The molecule has 4 nitrogen and oxygen atoms in total. The van der Waals surface area contributed by atoms with Crippen molar-refractivity contribution in [2.75, 3.05) is 11.9 Å². The Labute approximate surface area is 97.3 Å². The molecular formula is C9H14IN3O. The van der Waals surface area contributed by atoms with Gasteiger partial charge >= 0.3 is 0 Å². The first-order chi connectivity index (χ1) is 6.76. The van der Waals surface area contributed by atoms with E-state index < -0.39 is 0 Å². The average Bonchev–Trinajstić information content (AvgIpc) is 2.20. The summed E-state index contributed by atoms with van der Waals surface area (Å²) in [5.41, 5.74) is 0. The van der Waals surface area contributed by atoms with Crippen LogP contribution >= 0.6 is 22.6 Å². The third kappa shape index (κ3) is 3.75. The van der Waals surface area contributed by atoms with Crippen LogP contribution < -0.4 is 5.32 Å². The molecule has 0 saturated carbocycles. The van der Waals surface area contributed by atoms with Crippen molar-refractivity contribution in [1.29, 1.82) is 0 Å². The third-order valence-corrected chi connectivity index (χ3v) is 2.48. The summed E-state index contributed by atoms with van der Waals surface area (Å²) < 4.78 is 1.02. The van der Waals surface area contributed by atoms with Crippen molar-refractivity contribution in [3.63, 3.8) is 0 Å². The lowest BCUT2D eigenvalue weighted by atomic mass is 10.2. The highest BCUT2D eigenvalue weighted by Crippen LogP contribution is 2.07. The average molecular weight is 307 g/mol. The van der Waals surface area contributed by atoms with Crippen molar-refractivity contribution >= 4 is 28.5 Å². The fourth-order valence-corrected chi connectivity index (χ4v) is 1.38. The highest BCUT2D eigenvalue weighted by molar-refractivity contribution is 14.1. The molecule has 1 rings (SSSR count). The van der Waals surface area contributed by atoms with E-state index in [-0.39, 0.29) is 12.6 Å². The maximum absolute atomic E-state index is 8.81. The molecule has 0 saturated heterocycles. The number of rotatable bonds is 5. The summed E-state index contributed by atoms with van der Waals surface area (Å²) in [7, 11) is 0. The molecule has 0 aliphatic carbocycles. The lowest BCUT2D eigenvalue weighted by Gasteiger charge is -2.14. The summed E-state index contributed by atoms with van der Waals surface area (Å²) in [6.07, 6.45) is 5.21. The van der Waals surface area contributed by atoms with Gasteiger partial charge in [0.15, 0.2) is 0 Å². The minimum absolute atomic E-state index is 0.190. The van der Waals surface area contributed by atoms with Gasteiger partial charge in [-0.05, 0) is 35.4 Å². The lowest BCUT2D eigenvalue weighted by molar-refractivity contribution is 0.278. The molecule has 0 radical (unpaired) electrons. The minimum atomic E-state index is 0.190. The van der Waals surface area contributed by atoms with Gasteiger partial charge in [-0.25, -0.2) is 9.97 Å². The fraction of sp³-hybridized carbons (Fsp3) is 0.556. The molecule has 0 spiro atoms. The van der Waals surface area contributed by atoms with Gasteiger partial charge in [0, 0.05) is 28.6 Å². The number of halogens is 1. The Morgan fingerprint density at radius 2 is 2.14 bits per heavy atom. The van der Waals surface area contributed by atoms with Gasteiger partial charge in [-0.1, -0.05) is 6.92 Å². The second-order valence-electron chi connectivity index (χ2n) is 2.99. The van der Waals surface area contributed by atoms with Crippen LogP contribution in [0, 0.1) is 3.57 Å². The molecule has 0 aliphatic heterocycles. The number of hydrogen-bond donors (Lipinski definition) is 2. The summed E-state index contributed by atoms with van der Waals surface area (Å²) >= 11 is 2.16. The van der Waals surface area contributed by atoms with Crippen molar-refractivity contribution in [3.8, 4) is 0 Å². The van der Waals surface area contributed by atoms with Gasteiger partial charge in [0.05, 0.1) is 0 Å². The molecule has 0 aliphatic rings. The molecule has 0 amide bonds. The first kappa shape index (κ1) is 11.6. The monoisotopic (exact) mass is 307 g/mol. The zero-order valence-electron chi connectivity index (χ0n) is 8.07. The van der Waals surface area contributed by atoms with E-state index in [9.17, 15) is 0 Å². The number of aliphatic hydroxyl groups is 1. The van der Waals surface area contributed by atoms with Gasteiger partial charge in [-0.2, -0.15) is 0 Å². The molecule has 1 unspecified atom stereocenters. The van der Waals surface area contributed by atoms with Crippen LogP contribution in [0.1, 0.15) is 19.8 Å². The summed E-state index contributed by atoms with van der Waals surface area (Å²) in [6.45, 7) is 2.26. The number of aliphatic hydroxyl groups excluding tert-OH is 1. The summed E-state index contributed by atoms with van der Waals surface area (Å²) in [5.74, 6) is 0.630. The van der Waals surface area contributed by atoms with E-state index in [4.69, 9.17) is 5.11 Å². The normalized spacial score (nSPS) is 12.5. The predicted octanol–water partition coefficient (Wildman–Crippen LogP) is 1.65. The zero-order valence-corrected chi connectivity index (χ0v) is 10.2. The standard InChI is InChI=1S/C9H14IN3O/c1-2-8(3-4-14)13-9-11-5-7(10)6-12-9/h5-6,8,14H,2-4H2,1H3,(H,11,12,13). The van der Waals surface area contributed by atoms with E-state index in [2.05, 4.69) is 44.8 Å². The Hall–Kier alpha value is -0.430. The van der Waals surface area contributed by atoms with Crippen LogP contribution in [0.5, 0.6) is 0 Å². The number of hydrogen-bond acceptors (Lipinski definition) is 4. The number of nitrogens with zero attached hydrogens (tertiary/aromatic N) is 2. The van der Waals surface area contributed by atoms with Gasteiger partial charge in [-0.3, -0.25) is 0 Å². The van der Waals surface area contributed by atoms with Crippen molar-refractivity contribution < 1.29 is 5.11 Å². The van der Waals surface area contributed by atoms with Gasteiger partial charge in [0.2, 0.25) is 5.95 Å². The number of anilines is 1. The summed E-state index contributed by atoms with van der Waals surface area (Å²) in [5, 5.41) is 12.0. The molecular weight excluding hydrogens is 293 g/mol. The zero-order chi connectivity index (χ0) is 10.4. The molecule has 2 N–H and O–H groups in total. The Morgan fingerprint density at radius 3 is 2.64 bits per heavy atom. The van der Waals surface area contributed by atoms with E-state index >= 15 is 0 Å². The minimum Gasteiger partial charge on any atom is -0.396 e. The van der Waals surface area contributed by atoms with Crippen LogP contribution in [-0.4, -0.2) is 27.7 Å². The Balaban J connectivity index is 2.53. The van der Waals surface area contributed by atoms with Crippen molar-refractivity contribution in [2.24, 2.45) is 0 Å². The molecule has 0 aromatic carbocycles. The first-order valence-corrected chi connectivity index (χ1v) is 5.69. The quantitative estimate of drug-likeness (QED) is 0.812. The smallest absolute Gasteiger partial charge is 0.222 e. The lowest BCUT2D eigenvalue weighted by Crippen LogP contribution is -2.21. The SMILES string of the molecule is CCC(CCO)Nc1ncc(I)cn1. The summed E-state index contributed by atoms with van der Waals surface area (Å²) in [6, 6.07) is 0.250. The summed E-state index contributed by atoms with van der Waals surface area (Å²) in [4.78, 5) is 8.27. The van der Waals surface area contributed by atoms with Gasteiger partial charge in [-0.15, -0.1) is 0 Å². The second-order valence-corrected chi connectivity index (χ2v) is 4.23. The van der Waals surface area contributed by atoms with Crippen LogP contribution in [0.3, 0.4) is 0 Å². The van der Waals surface area contributed by atoms with E-state index in [1.54, 1.807) is 12.4 Å². The molecule has 1 heterocycles. The van der Waals surface area contributed by atoms with Gasteiger partial charge in [0.1, 0.15) is 0 Å². The number of nitrogens with one attached hydrogen (secondary N) is 1. The van der Waals surface area contributed by atoms with Crippen molar-refractivity contribution in [2.45, 2.75) is 25.8 Å². The maximum Gasteiger partial charge on any atom is 0.222 e. The topological polar surface area (TPSA) is 58.0 Å². The molecule has 1 aromatic rings. The van der Waals surface area contributed by atoms with E-state index in [1.807, 2.05) is 0 Å². The fourth-order valence-electron chi connectivity index (χ4n) is 1.10. The van der Waals surface area contributed by atoms with Crippen molar-refractivity contribution in [3.05, 3.63) is 16.0 Å². The second kappa shape index (κ2) is 6.13. The predicted molar refractivity (Wildman–Crippen MR) is 64.2 cm³/mol. The van der Waals surface area contributed by atoms with Crippen LogP contribution in [-0.2, 0) is 0 Å². The highest BCUT2D eigenvalue weighted by atomic mass is 127. The Morgan fingerprint density at radius 1 is 1.50 bits per heavy atom. The Kier molecular flexibility index (Phi) is 5.10. The maximum atomic E-state index is 8.81.